The Balaban J connectivity index is 2.83. The Morgan fingerprint density at radius 3 is 2.26 bits per heavy atom. The summed E-state index contributed by atoms with van der Waals surface area (Å²) in [5.41, 5.74) is 0.181. The second-order valence-corrected chi connectivity index (χ2v) is 5.31. The van der Waals surface area contributed by atoms with Crippen LogP contribution in [-0.4, -0.2) is 17.5 Å². The van der Waals surface area contributed by atoms with Crippen LogP contribution >= 0.6 is 0 Å². The fraction of sp³-hybridized carbons (Fsp3) is 0.467. The van der Waals surface area contributed by atoms with E-state index in [1.54, 1.807) is 27.7 Å². The smallest absolute Gasteiger partial charge is 0.408 e. The molecule has 0 saturated heterocycles. The second-order valence-electron chi connectivity index (χ2n) is 5.31. The highest BCUT2D eigenvalue weighted by molar-refractivity contribution is 5.88. The van der Waals surface area contributed by atoms with Gasteiger partial charge in [-0.05, 0) is 26.3 Å². The van der Waals surface area contributed by atoms with Crippen LogP contribution in [0.2, 0.25) is 0 Å². The normalized spacial score (nSPS) is 12.6. The van der Waals surface area contributed by atoms with Gasteiger partial charge in [0.05, 0.1) is 0 Å². The molecule has 1 rings (SSSR count). The first-order chi connectivity index (χ1) is 8.83. The van der Waals surface area contributed by atoms with Crippen LogP contribution in [0.25, 0.3) is 0 Å². The highest BCUT2D eigenvalue weighted by atomic mass is 16.6. The molecule has 0 fully saturated rings. The molecule has 0 unspecified atom stereocenters. The summed E-state index contributed by atoms with van der Waals surface area (Å²) in [5, 5.41) is 2.63. The zero-order valence-electron chi connectivity index (χ0n) is 11.9. The lowest BCUT2D eigenvalue weighted by Crippen LogP contribution is -2.37. The van der Waals surface area contributed by atoms with Crippen molar-refractivity contribution in [2.24, 2.45) is 0 Å². The fourth-order valence-electron chi connectivity index (χ4n) is 1.62. The maximum absolute atomic E-state index is 11.9. The minimum atomic E-state index is -0.652. The van der Waals surface area contributed by atoms with Crippen LogP contribution in [0, 0.1) is 0 Å². The maximum atomic E-state index is 11.9. The number of carbonyl (C=O) groups excluding carboxylic acids is 2. The number of ether oxygens (including phenoxy) is 1. The number of ketones is 1. The number of alkyl carbamates (subject to hydrolysis) is 1. The number of rotatable bonds is 4. The van der Waals surface area contributed by atoms with Crippen molar-refractivity contribution in [1.82, 2.24) is 5.32 Å². The Hall–Kier alpha value is -1.84. The van der Waals surface area contributed by atoms with Gasteiger partial charge in [-0.1, -0.05) is 37.3 Å². The molecule has 0 aliphatic heterocycles. The summed E-state index contributed by atoms with van der Waals surface area (Å²) < 4.78 is 5.18. The minimum Gasteiger partial charge on any atom is -0.444 e. The van der Waals surface area contributed by atoms with Crippen molar-refractivity contribution in [3.63, 3.8) is 0 Å². The van der Waals surface area contributed by atoms with Crippen LogP contribution in [0.3, 0.4) is 0 Å². The van der Waals surface area contributed by atoms with E-state index < -0.39 is 17.7 Å². The summed E-state index contributed by atoms with van der Waals surface area (Å²) in [6.07, 6.45) is -0.224. The number of Topliss-reactive ketones (excluding diaryl/α,β-unsaturated/α-hetero) is 1. The zero-order chi connectivity index (χ0) is 14.5. The first-order valence-electron chi connectivity index (χ1n) is 6.40. The molecule has 4 heteroatoms. The molecule has 0 radical (unpaired) electrons. The van der Waals surface area contributed by atoms with Gasteiger partial charge in [0, 0.05) is 6.42 Å². The zero-order valence-corrected chi connectivity index (χ0v) is 11.9. The molecule has 1 atom stereocenters. The molecule has 0 saturated carbocycles. The van der Waals surface area contributed by atoms with Gasteiger partial charge < -0.3 is 10.1 Å². The van der Waals surface area contributed by atoms with Gasteiger partial charge in [-0.3, -0.25) is 4.79 Å². The lowest BCUT2D eigenvalue weighted by atomic mass is 10.0. The Labute approximate surface area is 114 Å². The molecule has 1 N–H and O–H groups in total. The van der Waals surface area contributed by atoms with E-state index in [0.29, 0.717) is 6.42 Å². The topological polar surface area (TPSA) is 55.4 Å². The molecular formula is C15H21NO3. The number of benzene rings is 1. The third-order valence-corrected chi connectivity index (χ3v) is 2.46. The van der Waals surface area contributed by atoms with E-state index in [0.717, 1.165) is 5.56 Å². The molecular weight excluding hydrogens is 242 g/mol. The van der Waals surface area contributed by atoms with E-state index in [9.17, 15) is 9.59 Å². The van der Waals surface area contributed by atoms with E-state index in [1.165, 1.54) is 0 Å². The summed E-state index contributed by atoms with van der Waals surface area (Å²) in [5.74, 6) is -0.0444. The van der Waals surface area contributed by atoms with Gasteiger partial charge in [-0.25, -0.2) is 4.79 Å². The van der Waals surface area contributed by atoms with Gasteiger partial charge >= 0.3 is 6.09 Å². The standard InChI is InChI=1S/C15H21NO3/c1-5-12(17)13(11-9-7-6-8-10-11)16-14(18)19-15(2,3)4/h6-10,13H,5H2,1-4H3,(H,16,18)/t13-/m0/s1. The quantitative estimate of drug-likeness (QED) is 0.907. The first kappa shape index (κ1) is 15.2. The average Bonchev–Trinajstić information content (AvgIpc) is 2.34. The predicted octanol–water partition coefficient (Wildman–Crippen LogP) is 3.23. The highest BCUT2D eigenvalue weighted by Gasteiger charge is 2.24. The van der Waals surface area contributed by atoms with Crippen LogP contribution in [-0.2, 0) is 9.53 Å². The van der Waals surface area contributed by atoms with Crippen molar-refractivity contribution >= 4 is 11.9 Å². The van der Waals surface area contributed by atoms with Crippen molar-refractivity contribution in [2.45, 2.75) is 45.8 Å². The molecule has 0 aliphatic rings. The largest absolute Gasteiger partial charge is 0.444 e. The van der Waals surface area contributed by atoms with Crippen LogP contribution in [0.1, 0.15) is 45.7 Å². The molecule has 104 valence electrons. The Morgan fingerprint density at radius 1 is 1.21 bits per heavy atom. The lowest BCUT2D eigenvalue weighted by Gasteiger charge is -2.23. The number of amides is 1. The van der Waals surface area contributed by atoms with Crippen molar-refractivity contribution in [3.05, 3.63) is 35.9 Å². The molecule has 19 heavy (non-hydrogen) atoms. The molecule has 0 aromatic heterocycles. The summed E-state index contributed by atoms with van der Waals surface area (Å²) in [6.45, 7) is 7.12. The molecule has 4 nitrogen and oxygen atoms in total. The third-order valence-electron chi connectivity index (χ3n) is 2.46. The fourth-order valence-corrected chi connectivity index (χ4v) is 1.62. The molecule has 1 aromatic rings. The molecule has 1 aromatic carbocycles. The Morgan fingerprint density at radius 2 is 1.79 bits per heavy atom. The van der Waals surface area contributed by atoms with Gasteiger partial charge in [0.15, 0.2) is 5.78 Å². The number of hydrogen-bond acceptors (Lipinski definition) is 3. The molecule has 0 heterocycles. The Kier molecular flexibility index (Phi) is 5.10. The Bertz CT molecular complexity index is 434. The van der Waals surface area contributed by atoms with Crippen LogP contribution < -0.4 is 5.32 Å². The molecule has 0 spiro atoms. The van der Waals surface area contributed by atoms with Crippen molar-refractivity contribution in [1.29, 1.82) is 0 Å². The molecule has 0 bridgehead atoms. The number of carbonyl (C=O) groups is 2. The monoisotopic (exact) mass is 263 g/mol. The van der Waals surface area contributed by atoms with Crippen molar-refractivity contribution in [3.8, 4) is 0 Å². The number of hydrogen-bond donors (Lipinski definition) is 1. The summed E-state index contributed by atoms with van der Waals surface area (Å²) in [6, 6.07) is 8.51. The lowest BCUT2D eigenvalue weighted by molar-refractivity contribution is -0.121. The summed E-state index contributed by atoms with van der Waals surface area (Å²) in [4.78, 5) is 23.7. The van der Waals surface area contributed by atoms with E-state index in [1.807, 2.05) is 30.3 Å². The average molecular weight is 263 g/mol. The first-order valence-corrected chi connectivity index (χ1v) is 6.40. The second kappa shape index (κ2) is 6.36. The third kappa shape index (κ3) is 5.12. The molecule has 1 amide bonds. The predicted molar refractivity (Wildman–Crippen MR) is 73.9 cm³/mol. The van der Waals surface area contributed by atoms with Gasteiger partial charge in [-0.2, -0.15) is 0 Å². The van der Waals surface area contributed by atoms with Gasteiger partial charge in [0.2, 0.25) is 0 Å². The van der Waals surface area contributed by atoms with Crippen molar-refractivity contribution < 1.29 is 14.3 Å². The minimum absolute atomic E-state index is 0.0444. The van der Waals surface area contributed by atoms with Crippen molar-refractivity contribution in [2.75, 3.05) is 0 Å². The summed E-state index contributed by atoms with van der Waals surface area (Å²) >= 11 is 0. The van der Waals surface area contributed by atoms with E-state index in [4.69, 9.17) is 4.74 Å². The van der Waals surface area contributed by atoms with Crippen LogP contribution in [0.5, 0.6) is 0 Å². The van der Waals surface area contributed by atoms with Gasteiger partial charge in [-0.15, -0.1) is 0 Å². The van der Waals surface area contributed by atoms with E-state index in [-0.39, 0.29) is 5.78 Å². The number of nitrogens with one attached hydrogen (secondary N) is 1. The van der Waals surface area contributed by atoms with E-state index in [2.05, 4.69) is 5.32 Å². The van der Waals surface area contributed by atoms with Gasteiger partial charge in [0.1, 0.15) is 11.6 Å². The van der Waals surface area contributed by atoms with Gasteiger partial charge in [0.25, 0.3) is 0 Å². The highest BCUT2D eigenvalue weighted by Crippen LogP contribution is 2.16. The van der Waals surface area contributed by atoms with E-state index >= 15 is 0 Å². The maximum Gasteiger partial charge on any atom is 0.408 e. The summed E-state index contributed by atoms with van der Waals surface area (Å²) in [7, 11) is 0. The van der Waals surface area contributed by atoms with Crippen LogP contribution in [0.4, 0.5) is 4.79 Å². The molecule has 0 aliphatic carbocycles. The van der Waals surface area contributed by atoms with Crippen LogP contribution in [0.15, 0.2) is 30.3 Å². The SMILES string of the molecule is CCC(=O)[C@@H](NC(=O)OC(C)(C)C)c1ccccc1.